The highest BCUT2D eigenvalue weighted by atomic mass is 16.6. The third-order valence-electron chi connectivity index (χ3n) is 11.9. The first kappa shape index (κ1) is 66.8. The number of rotatable bonds is 51. The highest BCUT2D eigenvalue weighted by Crippen LogP contribution is 2.14. The molecule has 1 atom stereocenters. The van der Waals surface area contributed by atoms with E-state index in [1.54, 1.807) is 0 Å². The van der Waals surface area contributed by atoms with Gasteiger partial charge in [0.15, 0.2) is 6.10 Å². The fourth-order valence-corrected chi connectivity index (χ4v) is 7.57. The molecule has 0 amide bonds. The van der Waals surface area contributed by atoms with Crippen LogP contribution in [0.2, 0.25) is 0 Å². The molecule has 0 spiro atoms. The van der Waals surface area contributed by atoms with Crippen LogP contribution in [0.15, 0.2) is 122 Å². The van der Waals surface area contributed by atoms with Crippen LogP contribution >= 0.6 is 0 Å². The predicted octanol–water partition coefficient (Wildman–Crippen LogP) is 19.6. The SMILES string of the molecule is CC/C=C\C/C=C\C/C=C\C/C=C\C/C=C\CCCCCCCC(=O)OCC(COC(=O)CCCCCCC/C=C\C/C=C\CCC)OC(=O)CCCCCCCC/C=C\C/C=C\C/C=C\CCCCC. The van der Waals surface area contributed by atoms with E-state index >= 15 is 0 Å². The third kappa shape index (κ3) is 56.6. The molecule has 0 bridgehead atoms. The molecule has 1 unspecified atom stereocenters. The normalized spacial score (nSPS) is 13.0. The molecule has 402 valence electrons. The van der Waals surface area contributed by atoms with Gasteiger partial charge in [0.1, 0.15) is 13.2 Å². The minimum atomic E-state index is -0.803. The number of carbonyl (C=O) groups is 3. The fraction of sp³-hybridized carbons (Fsp3) is 0.646. The molecular weight excluding hydrogens is 877 g/mol. The van der Waals surface area contributed by atoms with E-state index in [0.29, 0.717) is 19.3 Å². The summed E-state index contributed by atoms with van der Waals surface area (Å²) in [4.78, 5) is 38.2. The Kier molecular flexibility index (Phi) is 54.9. The van der Waals surface area contributed by atoms with E-state index in [4.69, 9.17) is 14.2 Å². The Hall–Kier alpha value is -4.19. The van der Waals surface area contributed by atoms with Gasteiger partial charge in [0.2, 0.25) is 0 Å². The van der Waals surface area contributed by atoms with Crippen molar-refractivity contribution < 1.29 is 28.6 Å². The number of allylic oxidation sites excluding steroid dienone is 20. The van der Waals surface area contributed by atoms with Crippen molar-refractivity contribution in [2.45, 2.75) is 258 Å². The standard InChI is InChI=1S/C65H106O6/c1-4-7-10-13-16-19-22-25-27-29-31-32-34-35-37-40-43-46-49-52-55-58-64(67)70-61-62(60-69-63(66)57-54-51-48-45-42-39-24-21-18-15-12-9-6-3)71-65(68)59-56-53-50-47-44-41-38-36-33-30-28-26-23-20-17-14-11-8-5-2/h7,10,12,15-17,19-21,24-28,31-33,35-37,62H,4-6,8-9,11,13-14,18,22-23,29-30,34,38-61H2,1-3H3/b10-7-,15-12-,19-16-,20-17-,24-21-,27-25-,28-26-,32-31-,36-33-,37-35-. The fourth-order valence-electron chi connectivity index (χ4n) is 7.57. The number of esters is 3. The molecule has 0 aromatic heterocycles. The number of hydrogen-bond acceptors (Lipinski definition) is 6. The molecule has 0 fully saturated rings. The molecule has 0 aliphatic rings. The van der Waals surface area contributed by atoms with Crippen LogP contribution in [0.1, 0.15) is 252 Å². The molecule has 0 aromatic rings. The molecule has 0 saturated heterocycles. The van der Waals surface area contributed by atoms with Crippen LogP contribution in [0.4, 0.5) is 0 Å². The molecule has 0 radical (unpaired) electrons. The second kappa shape index (κ2) is 58.4. The maximum absolute atomic E-state index is 12.9. The predicted molar refractivity (Wildman–Crippen MR) is 306 cm³/mol. The first-order valence-corrected chi connectivity index (χ1v) is 29.0. The summed E-state index contributed by atoms with van der Waals surface area (Å²) in [6.07, 6.45) is 80.4. The summed E-state index contributed by atoms with van der Waals surface area (Å²) in [6, 6.07) is 0. The molecule has 0 heterocycles. The average molecular weight is 984 g/mol. The van der Waals surface area contributed by atoms with E-state index in [1.807, 2.05) is 0 Å². The Morgan fingerprint density at radius 2 is 0.577 bits per heavy atom. The van der Waals surface area contributed by atoms with E-state index in [2.05, 4.69) is 142 Å². The van der Waals surface area contributed by atoms with Crippen LogP contribution in [0.25, 0.3) is 0 Å². The molecule has 71 heavy (non-hydrogen) atoms. The highest BCUT2D eigenvalue weighted by Gasteiger charge is 2.19. The summed E-state index contributed by atoms with van der Waals surface area (Å²) < 4.78 is 16.8. The van der Waals surface area contributed by atoms with E-state index in [9.17, 15) is 14.4 Å². The van der Waals surface area contributed by atoms with Crippen molar-refractivity contribution in [3.8, 4) is 0 Å². The van der Waals surface area contributed by atoms with E-state index in [1.165, 1.54) is 44.9 Å². The summed E-state index contributed by atoms with van der Waals surface area (Å²) in [6.45, 7) is 6.39. The van der Waals surface area contributed by atoms with Crippen molar-refractivity contribution in [1.82, 2.24) is 0 Å². The Morgan fingerprint density at radius 3 is 0.915 bits per heavy atom. The lowest BCUT2D eigenvalue weighted by Crippen LogP contribution is -2.30. The highest BCUT2D eigenvalue weighted by molar-refractivity contribution is 5.71. The first-order chi connectivity index (χ1) is 35.0. The van der Waals surface area contributed by atoms with Gasteiger partial charge in [-0.3, -0.25) is 14.4 Å². The minimum Gasteiger partial charge on any atom is -0.462 e. The maximum atomic E-state index is 12.9. The Morgan fingerprint density at radius 1 is 0.296 bits per heavy atom. The van der Waals surface area contributed by atoms with Crippen LogP contribution in [-0.4, -0.2) is 37.2 Å². The Bertz CT molecular complexity index is 1500. The van der Waals surface area contributed by atoms with E-state index in [0.717, 1.165) is 167 Å². The number of carbonyl (C=O) groups excluding carboxylic acids is 3. The van der Waals surface area contributed by atoms with Gasteiger partial charge in [0.05, 0.1) is 0 Å². The van der Waals surface area contributed by atoms with Crippen molar-refractivity contribution in [2.75, 3.05) is 13.2 Å². The quantitative estimate of drug-likeness (QED) is 0.0261. The summed E-state index contributed by atoms with van der Waals surface area (Å²) in [7, 11) is 0. The largest absolute Gasteiger partial charge is 0.462 e. The lowest BCUT2D eigenvalue weighted by Gasteiger charge is -2.18. The molecule has 0 rings (SSSR count). The van der Waals surface area contributed by atoms with Gasteiger partial charge in [-0.15, -0.1) is 0 Å². The second-order valence-electron chi connectivity index (χ2n) is 18.8. The van der Waals surface area contributed by atoms with Crippen molar-refractivity contribution in [1.29, 1.82) is 0 Å². The first-order valence-electron chi connectivity index (χ1n) is 29.0. The molecule has 0 saturated carbocycles. The van der Waals surface area contributed by atoms with Crippen LogP contribution in [0.3, 0.4) is 0 Å². The zero-order valence-electron chi connectivity index (χ0n) is 45.9. The van der Waals surface area contributed by atoms with Crippen LogP contribution in [0.5, 0.6) is 0 Å². The summed E-state index contributed by atoms with van der Waals surface area (Å²) in [5, 5.41) is 0. The van der Waals surface area contributed by atoms with E-state index < -0.39 is 6.10 Å². The van der Waals surface area contributed by atoms with Gasteiger partial charge in [-0.25, -0.2) is 0 Å². The molecule has 6 nitrogen and oxygen atoms in total. The smallest absolute Gasteiger partial charge is 0.306 e. The van der Waals surface area contributed by atoms with Crippen molar-refractivity contribution in [2.24, 2.45) is 0 Å². The topological polar surface area (TPSA) is 78.9 Å². The van der Waals surface area contributed by atoms with Crippen LogP contribution < -0.4 is 0 Å². The monoisotopic (exact) mass is 983 g/mol. The number of unbranched alkanes of at least 4 members (excludes halogenated alkanes) is 20. The Labute approximate surface area is 437 Å². The molecule has 6 heteroatoms. The lowest BCUT2D eigenvalue weighted by atomic mass is 10.1. The summed E-state index contributed by atoms with van der Waals surface area (Å²) >= 11 is 0. The van der Waals surface area contributed by atoms with Gasteiger partial charge >= 0.3 is 17.9 Å². The number of hydrogen-bond donors (Lipinski definition) is 0. The number of ether oxygens (including phenoxy) is 3. The summed E-state index contributed by atoms with van der Waals surface area (Å²) in [5.74, 6) is -0.947. The Balaban J connectivity index is 4.46. The second-order valence-corrected chi connectivity index (χ2v) is 18.8. The van der Waals surface area contributed by atoms with Gasteiger partial charge in [0.25, 0.3) is 0 Å². The zero-order valence-corrected chi connectivity index (χ0v) is 45.9. The zero-order chi connectivity index (χ0) is 51.4. The van der Waals surface area contributed by atoms with Gasteiger partial charge in [0, 0.05) is 19.3 Å². The minimum absolute atomic E-state index is 0.100. The van der Waals surface area contributed by atoms with Gasteiger partial charge in [-0.05, 0) is 128 Å². The van der Waals surface area contributed by atoms with Gasteiger partial charge < -0.3 is 14.2 Å². The average Bonchev–Trinajstić information content (AvgIpc) is 3.37. The third-order valence-corrected chi connectivity index (χ3v) is 11.9. The van der Waals surface area contributed by atoms with E-state index in [-0.39, 0.29) is 31.1 Å². The molecular formula is C65H106O6. The lowest BCUT2D eigenvalue weighted by molar-refractivity contribution is -0.167. The van der Waals surface area contributed by atoms with Crippen LogP contribution in [0, 0.1) is 0 Å². The summed E-state index contributed by atoms with van der Waals surface area (Å²) in [5.41, 5.74) is 0. The van der Waals surface area contributed by atoms with Crippen molar-refractivity contribution in [3.63, 3.8) is 0 Å². The van der Waals surface area contributed by atoms with Gasteiger partial charge in [-0.2, -0.15) is 0 Å². The molecule has 0 aromatic carbocycles. The van der Waals surface area contributed by atoms with Gasteiger partial charge in [-0.1, -0.05) is 226 Å². The molecule has 0 N–H and O–H groups in total. The molecule has 0 aliphatic carbocycles. The van der Waals surface area contributed by atoms with Crippen molar-refractivity contribution in [3.05, 3.63) is 122 Å². The van der Waals surface area contributed by atoms with Crippen LogP contribution in [-0.2, 0) is 28.6 Å². The molecule has 0 aliphatic heterocycles. The van der Waals surface area contributed by atoms with Crippen molar-refractivity contribution >= 4 is 17.9 Å². The maximum Gasteiger partial charge on any atom is 0.306 e.